The van der Waals surface area contributed by atoms with E-state index in [2.05, 4.69) is 13.5 Å². The highest BCUT2D eigenvalue weighted by atomic mass is 32.2. The third kappa shape index (κ3) is 2.24. The lowest BCUT2D eigenvalue weighted by Crippen LogP contribution is -2.44. The molecular weight excluding hydrogens is 156 g/mol. The van der Waals surface area contributed by atoms with Crippen LogP contribution in [0.5, 0.6) is 0 Å². The SMILES string of the molecule is C=CCSCC1(CC)COC1. The molecular formula is C9H16OS. The van der Waals surface area contributed by atoms with Crippen LogP contribution in [-0.2, 0) is 4.74 Å². The van der Waals surface area contributed by atoms with Gasteiger partial charge < -0.3 is 4.74 Å². The lowest BCUT2D eigenvalue weighted by Gasteiger charge is -2.40. The van der Waals surface area contributed by atoms with Crippen LogP contribution in [0.1, 0.15) is 13.3 Å². The number of hydrogen-bond acceptors (Lipinski definition) is 2. The molecule has 0 aromatic carbocycles. The molecule has 1 fully saturated rings. The van der Waals surface area contributed by atoms with Gasteiger partial charge in [-0.05, 0) is 6.42 Å². The summed E-state index contributed by atoms with van der Waals surface area (Å²) in [6.45, 7) is 7.88. The van der Waals surface area contributed by atoms with Gasteiger partial charge in [0.15, 0.2) is 0 Å². The number of hydrogen-bond donors (Lipinski definition) is 0. The molecule has 1 nitrogen and oxygen atoms in total. The molecule has 2 heteroatoms. The first kappa shape index (κ1) is 9.14. The van der Waals surface area contributed by atoms with E-state index in [1.54, 1.807) is 0 Å². The van der Waals surface area contributed by atoms with Crippen molar-refractivity contribution in [1.29, 1.82) is 0 Å². The van der Waals surface area contributed by atoms with Gasteiger partial charge in [-0.2, -0.15) is 11.8 Å². The van der Waals surface area contributed by atoms with Crippen molar-refractivity contribution in [3.05, 3.63) is 12.7 Å². The van der Waals surface area contributed by atoms with Gasteiger partial charge in [0.1, 0.15) is 0 Å². The molecule has 11 heavy (non-hydrogen) atoms. The summed E-state index contributed by atoms with van der Waals surface area (Å²) in [5, 5.41) is 0. The Kier molecular flexibility index (Phi) is 3.46. The average molecular weight is 172 g/mol. The summed E-state index contributed by atoms with van der Waals surface area (Å²) in [4.78, 5) is 0. The van der Waals surface area contributed by atoms with Gasteiger partial charge in [0.25, 0.3) is 0 Å². The molecule has 1 aliphatic rings. The second-order valence-corrected chi connectivity index (χ2v) is 4.18. The van der Waals surface area contributed by atoms with Crippen LogP contribution >= 0.6 is 11.8 Å². The van der Waals surface area contributed by atoms with Crippen molar-refractivity contribution in [3.8, 4) is 0 Å². The van der Waals surface area contributed by atoms with Crippen molar-refractivity contribution in [1.82, 2.24) is 0 Å². The number of rotatable bonds is 5. The van der Waals surface area contributed by atoms with Crippen LogP contribution in [0.4, 0.5) is 0 Å². The third-order valence-corrected chi connectivity index (χ3v) is 3.50. The zero-order chi connectivity index (χ0) is 8.16. The van der Waals surface area contributed by atoms with Gasteiger partial charge in [-0.25, -0.2) is 0 Å². The molecule has 0 atom stereocenters. The van der Waals surface area contributed by atoms with Gasteiger partial charge in [0.05, 0.1) is 13.2 Å². The van der Waals surface area contributed by atoms with Gasteiger partial charge in [0, 0.05) is 16.9 Å². The highest BCUT2D eigenvalue weighted by Gasteiger charge is 2.36. The van der Waals surface area contributed by atoms with Crippen LogP contribution in [0.25, 0.3) is 0 Å². The third-order valence-electron chi connectivity index (χ3n) is 2.21. The Bertz CT molecular complexity index is 124. The predicted molar refractivity (Wildman–Crippen MR) is 51.1 cm³/mol. The summed E-state index contributed by atoms with van der Waals surface area (Å²) in [5.74, 6) is 2.30. The van der Waals surface area contributed by atoms with Gasteiger partial charge >= 0.3 is 0 Å². The fourth-order valence-corrected chi connectivity index (χ4v) is 2.23. The number of thioether (sulfide) groups is 1. The fraction of sp³-hybridized carbons (Fsp3) is 0.778. The van der Waals surface area contributed by atoms with Crippen molar-refractivity contribution in [2.45, 2.75) is 13.3 Å². The lowest BCUT2D eigenvalue weighted by atomic mass is 9.86. The van der Waals surface area contributed by atoms with E-state index < -0.39 is 0 Å². The van der Waals surface area contributed by atoms with Crippen LogP contribution in [0.2, 0.25) is 0 Å². The van der Waals surface area contributed by atoms with E-state index in [0.717, 1.165) is 19.0 Å². The first-order chi connectivity index (χ1) is 5.33. The van der Waals surface area contributed by atoms with Gasteiger partial charge in [0.2, 0.25) is 0 Å². The van der Waals surface area contributed by atoms with E-state index in [9.17, 15) is 0 Å². The second kappa shape index (κ2) is 4.17. The first-order valence-corrected chi connectivity index (χ1v) is 5.25. The van der Waals surface area contributed by atoms with Crippen molar-refractivity contribution in [3.63, 3.8) is 0 Å². The monoisotopic (exact) mass is 172 g/mol. The molecule has 0 saturated carbocycles. The van der Waals surface area contributed by atoms with Crippen LogP contribution in [0.15, 0.2) is 12.7 Å². The molecule has 64 valence electrons. The normalized spacial score (nSPS) is 20.8. The maximum atomic E-state index is 5.22. The predicted octanol–water partition coefficient (Wildman–Crippen LogP) is 2.33. The molecule has 1 rings (SSSR count). The van der Waals surface area contributed by atoms with Crippen molar-refractivity contribution in [2.24, 2.45) is 5.41 Å². The van der Waals surface area contributed by atoms with Crippen molar-refractivity contribution < 1.29 is 4.74 Å². The Hall–Kier alpha value is 0.0500. The lowest BCUT2D eigenvalue weighted by molar-refractivity contribution is -0.0994. The Balaban J connectivity index is 2.16. The molecule has 0 radical (unpaired) electrons. The zero-order valence-corrected chi connectivity index (χ0v) is 7.95. The Morgan fingerprint density at radius 3 is 2.73 bits per heavy atom. The molecule has 0 aromatic rings. The topological polar surface area (TPSA) is 9.23 Å². The summed E-state index contributed by atoms with van der Waals surface area (Å²) < 4.78 is 5.22. The Labute approximate surface area is 73.2 Å². The minimum absolute atomic E-state index is 0.508. The summed E-state index contributed by atoms with van der Waals surface area (Å²) >= 11 is 1.96. The summed E-state index contributed by atoms with van der Waals surface area (Å²) in [6.07, 6.45) is 3.21. The molecule has 0 aliphatic carbocycles. The fourth-order valence-electron chi connectivity index (χ4n) is 1.14. The van der Waals surface area contributed by atoms with Gasteiger partial charge in [-0.3, -0.25) is 0 Å². The molecule has 1 saturated heterocycles. The number of ether oxygens (including phenoxy) is 1. The van der Waals surface area contributed by atoms with E-state index in [-0.39, 0.29) is 0 Å². The highest BCUT2D eigenvalue weighted by molar-refractivity contribution is 7.99. The maximum Gasteiger partial charge on any atom is 0.0552 e. The van der Waals surface area contributed by atoms with E-state index in [1.165, 1.54) is 12.2 Å². The van der Waals surface area contributed by atoms with Crippen LogP contribution < -0.4 is 0 Å². The van der Waals surface area contributed by atoms with E-state index >= 15 is 0 Å². The first-order valence-electron chi connectivity index (χ1n) is 4.09. The standard InChI is InChI=1S/C9H16OS/c1-3-5-11-8-9(4-2)6-10-7-9/h3H,1,4-8H2,2H3. The molecule has 0 N–H and O–H groups in total. The maximum absolute atomic E-state index is 5.22. The summed E-state index contributed by atoms with van der Waals surface area (Å²) in [6, 6.07) is 0. The molecule has 0 bridgehead atoms. The quantitative estimate of drug-likeness (QED) is 0.465. The largest absolute Gasteiger partial charge is 0.380 e. The van der Waals surface area contributed by atoms with Crippen molar-refractivity contribution >= 4 is 11.8 Å². The van der Waals surface area contributed by atoms with E-state index in [1.807, 2.05) is 17.8 Å². The van der Waals surface area contributed by atoms with Crippen LogP contribution in [0, 0.1) is 5.41 Å². The van der Waals surface area contributed by atoms with Crippen LogP contribution in [-0.4, -0.2) is 24.7 Å². The Morgan fingerprint density at radius 1 is 1.64 bits per heavy atom. The molecule has 1 aliphatic heterocycles. The molecule has 0 amide bonds. The van der Waals surface area contributed by atoms with Crippen molar-refractivity contribution in [2.75, 3.05) is 24.7 Å². The van der Waals surface area contributed by atoms with Crippen LogP contribution in [0.3, 0.4) is 0 Å². The van der Waals surface area contributed by atoms with E-state index in [0.29, 0.717) is 5.41 Å². The molecule has 0 spiro atoms. The van der Waals surface area contributed by atoms with Gasteiger partial charge in [-0.1, -0.05) is 13.0 Å². The summed E-state index contributed by atoms with van der Waals surface area (Å²) in [5.41, 5.74) is 0.508. The average Bonchev–Trinajstić information content (AvgIpc) is 1.95. The molecule has 0 aromatic heterocycles. The molecule has 1 heterocycles. The summed E-state index contributed by atoms with van der Waals surface area (Å²) in [7, 11) is 0. The van der Waals surface area contributed by atoms with E-state index in [4.69, 9.17) is 4.74 Å². The van der Waals surface area contributed by atoms with Gasteiger partial charge in [-0.15, -0.1) is 6.58 Å². The highest BCUT2D eigenvalue weighted by Crippen LogP contribution is 2.34. The molecule has 0 unspecified atom stereocenters. The minimum Gasteiger partial charge on any atom is -0.380 e. The minimum atomic E-state index is 0.508. The second-order valence-electron chi connectivity index (χ2n) is 3.15. The zero-order valence-electron chi connectivity index (χ0n) is 7.14. The smallest absolute Gasteiger partial charge is 0.0552 e. The Morgan fingerprint density at radius 2 is 2.36 bits per heavy atom.